The number of ether oxygens (including phenoxy) is 1. The van der Waals surface area contributed by atoms with E-state index < -0.39 is 0 Å². The van der Waals surface area contributed by atoms with Gasteiger partial charge in [-0.25, -0.2) is 4.79 Å². The molecule has 154 valence electrons. The van der Waals surface area contributed by atoms with Crippen LogP contribution in [-0.2, 0) is 9.53 Å². The molecule has 1 saturated heterocycles. The van der Waals surface area contributed by atoms with Crippen molar-refractivity contribution in [2.45, 2.75) is 25.8 Å². The number of carbonyl (C=O) groups excluding carboxylic acids is 2. The Hall–Kier alpha value is -2.65. The van der Waals surface area contributed by atoms with E-state index in [-0.39, 0.29) is 18.0 Å². The fourth-order valence-electron chi connectivity index (χ4n) is 2.85. The molecule has 0 aliphatic carbocycles. The monoisotopic (exact) mass is 435 g/mol. The zero-order valence-corrected chi connectivity index (χ0v) is 17.5. The van der Waals surface area contributed by atoms with Crippen molar-refractivity contribution in [3.8, 4) is 0 Å². The van der Waals surface area contributed by atoms with Crippen LogP contribution < -0.4 is 10.6 Å². The van der Waals surface area contributed by atoms with Gasteiger partial charge in [0.2, 0.25) is 16.2 Å². The number of piperidine rings is 1. The zero-order valence-electron chi connectivity index (χ0n) is 15.9. The smallest absolute Gasteiger partial charge is 0.409 e. The Balaban J connectivity index is 1.47. The standard InChI is InChI=1S/C19H22ClN5O3S/c1-2-28-19(27)25-11-9-14(10-12-25)21-17-23-24-18(29-17)22-16(26)8-7-13-5-3-4-6-15(13)20/h3-8,14H,2,9-12H2,1H3,(H,21,23)(H,22,24,26). The average Bonchev–Trinajstić information content (AvgIpc) is 3.14. The number of nitrogens with zero attached hydrogens (tertiary/aromatic N) is 3. The van der Waals surface area contributed by atoms with Crippen molar-refractivity contribution in [3.05, 3.63) is 40.9 Å². The van der Waals surface area contributed by atoms with Crippen molar-refractivity contribution in [1.29, 1.82) is 0 Å². The lowest BCUT2D eigenvalue weighted by molar-refractivity contribution is -0.111. The van der Waals surface area contributed by atoms with Crippen LogP contribution in [0.25, 0.3) is 6.08 Å². The van der Waals surface area contributed by atoms with Crippen LogP contribution in [0.15, 0.2) is 30.3 Å². The number of aromatic nitrogens is 2. The molecule has 2 aromatic rings. The molecule has 1 aromatic heterocycles. The maximum atomic E-state index is 12.1. The molecule has 0 radical (unpaired) electrons. The number of rotatable bonds is 6. The highest BCUT2D eigenvalue weighted by atomic mass is 35.5. The minimum atomic E-state index is -0.310. The second-order valence-corrected chi connectivity index (χ2v) is 7.75. The topological polar surface area (TPSA) is 96.4 Å². The second kappa shape index (κ2) is 10.2. The first kappa shape index (κ1) is 21.1. The molecule has 8 nitrogen and oxygen atoms in total. The first-order valence-corrected chi connectivity index (χ1v) is 10.5. The summed E-state index contributed by atoms with van der Waals surface area (Å²) >= 11 is 7.33. The molecule has 3 rings (SSSR count). The highest BCUT2D eigenvalue weighted by Crippen LogP contribution is 2.23. The van der Waals surface area contributed by atoms with Crippen LogP contribution in [0, 0.1) is 0 Å². The van der Waals surface area contributed by atoms with Gasteiger partial charge in [0.25, 0.3) is 0 Å². The Bertz CT molecular complexity index is 880. The largest absolute Gasteiger partial charge is 0.450 e. The third-order valence-corrected chi connectivity index (χ3v) is 5.44. The molecule has 1 fully saturated rings. The molecule has 0 bridgehead atoms. The molecule has 2 amide bonds. The van der Waals surface area contributed by atoms with E-state index in [4.69, 9.17) is 16.3 Å². The molecule has 2 N–H and O–H groups in total. The second-order valence-electron chi connectivity index (χ2n) is 6.36. The maximum Gasteiger partial charge on any atom is 0.409 e. The highest BCUT2D eigenvalue weighted by Gasteiger charge is 2.24. The Morgan fingerprint density at radius 2 is 2.00 bits per heavy atom. The van der Waals surface area contributed by atoms with Crippen LogP contribution in [0.3, 0.4) is 0 Å². The summed E-state index contributed by atoms with van der Waals surface area (Å²) in [5.74, 6) is -0.310. The first-order chi connectivity index (χ1) is 14.0. The number of hydrogen-bond acceptors (Lipinski definition) is 7. The van der Waals surface area contributed by atoms with Gasteiger partial charge in [0, 0.05) is 30.2 Å². The number of benzene rings is 1. The molecular weight excluding hydrogens is 414 g/mol. The van der Waals surface area contributed by atoms with Gasteiger partial charge in [0.05, 0.1) is 6.61 Å². The van der Waals surface area contributed by atoms with E-state index in [9.17, 15) is 9.59 Å². The third-order valence-electron chi connectivity index (χ3n) is 4.32. The number of hydrogen-bond donors (Lipinski definition) is 2. The highest BCUT2D eigenvalue weighted by molar-refractivity contribution is 7.19. The van der Waals surface area contributed by atoms with Crippen LogP contribution in [0.1, 0.15) is 25.3 Å². The number of amides is 2. The van der Waals surface area contributed by atoms with Gasteiger partial charge in [-0.05, 0) is 37.5 Å². The van der Waals surface area contributed by atoms with Gasteiger partial charge < -0.3 is 15.0 Å². The van der Waals surface area contributed by atoms with E-state index >= 15 is 0 Å². The molecule has 0 saturated carbocycles. The van der Waals surface area contributed by atoms with Gasteiger partial charge in [0.15, 0.2) is 0 Å². The molecule has 0 unspecified atom stereocenters. The van der Waals surface area contributed by atoms with Crippen molar-refractivity contribution in [2.75, 3.05) is 30.3 Å². The van der Waals surface area contributed by atoms with Crippen LogP contribution in [0.5, 0.6) is 0 Å². The van der Waals surface area contributed by atoms with Gasteiger partial charge in [-0.2, -0.15) is 0 Å². The van der Waals surface area contributed by atoms with E-state index in [1.54, 1.807) is 24.0 Å². The summed E-state index contributed by atoms with van der Waals surface area (Å²) in [6, 6.07) is 7.46. The third kappa shape index (κ3) is 6.16. The van der Waals surface area contributed by atoms with E-state index in [1.807, 2.05) is 18.2 Å². The molecule has 29 heavy (non-hydrogen) atoms. The summed E-state index contributed by atoms with van der Waals surface area (Å²) in [5.41, 5.74) is 0.762. The van der Waals surface area contributed by atoms with Gasteiger partial charge in [0.1, 0.15) is 0 Å². The summed E-state index contributed by atoms with van der Waals surface area (Å²) in [6.07, 6.45) is 4.37. The summed E-state index contributed by atoms with van der Waals surface area (Å²) in [5, 5.41) is 15.7. The molecule has 0 spiro atoms. The quantitative estimate of drug-likeness (QED) is 0.668. The zero-order chi connectivity index (χ0) is 20.6. The van der Waals surface area contributed by atoms with Crippen molar-refractivity contribution in [3.63, 3.8) is 0 Å². The van der Waals surface area contributed by atoms with Gasteiger partial charge in [-0.15, -0.1) is 10.2 Å². The number of anilines is 2. The number of carbonyl (C=O) groups is 2. The van der Waals surface area contributed by atoms with Crippen LogP contribution in [0.4, 0.5) is 15.1 Å². The van der Waals surface area contributed by atoms with Gasteiger partial charge in [-0.1, -0.05) is 41.1 Å². The summed E-state index contributed by atoms with van der Waals surface area (Å²) < 4.78 is 5.02. The van der Waals surface area contributed by atoms with Crippen LogP contribution in [-0.4, -0.2) is 52.8 Å². The minimum Gasteiger partial charge on any atom is -0.450 e. The lowest BCUT2D eigenvalue weighted by Crippen LogP contribution is -2.42. The summed E-state index contributed by atoms with van der Waals surface area (Å²) in [7, 11) is 0. The summed E-state index contributed by atoms with van der Waals surface area (Å²) in [4.78, 5) is 25.5. The number of halogens is 1. The molecule has 1 aliphatic rings. The minimum absolute atomic E-state index is 0.192. The fraction of sp³-hybridized carbons (Fsp3) is 0.368. The van der Waals surface area contributed by atoms with E-state index in [1.165, 1.54) is 17.4 Å². The Kier molecular flexibility index (Phi) is 7.42. The fourth-order valence-corrected chi connectivity index (χ4v) is 3.77. The van der Waals surface area contributed by atoms with Gasteiger partial charge in [-0.3, -0.25) is 10.1 Å². The average molecular weight is 436 g/mol. The van der Waals surface area contributed by atoms with Crippen molar-refractivity contribution in [2.24, 2.45) is 0 Å². The van der Waals surface area contributed by atoms with Crippen molar-refractivity contribution >= 4 is 51.3 Å². The molecule has 0 atom stereocenters. The predicted molar refractivity (Wildman–Crippen MR) is 114 cm³/mol. The molecule has 1 aromatic carbocycles. The lowest BCUT2D eigenvalue weighted by atomic mass is 10.1. The first-order valence-electron chi connectivity index (χ1n) is 9.30. The Morgan fingerprint density at radius 1 is 1.28 bits per heavy atom. The van der Waals surface area contributed by atoms with Crippen molar-refractivity contribution < 1.29 is 14.3 Å². The SMILES string of the molecule is CCOC(=O)N1CCC(Nc2nnc(NC(=O)C=Cc3ccccc3Cl)s2)CC1. The molecule has 10 heteroatoms. The van der Waals surface area contributed by atoms with Crippen molar-refractivity contribution in [1.82, 2.24) is 15.1 Å². The number of nitrogens with one attached hydrogen (secondary N) is 2. The Labute approximate surface area is 177 Å². The van der Waals surface area contributed by atoms with E-state index in [0.29, 0.717) is 35.0 Å². The van der Waals surface area contributed by atoms with Crippen LogP contribution >= 0.6 is 22.9 Å². The molecule has 1 aliphatic heterocycles. The lowest BCUT2D eigenvalue weighted by Gasteiger charge is -2.31. The van der Waals surface area contributed by atoms with Crippen LogP contribution in [0.2, 0.25) is 5.02 Å². The Morgan fingerprint density at radius 3 is 2.72 bits per heavy atom. The normalized spacial score (nSPS) is 14.8. The predicted octanol–water partition coefficient (Wildman–Crippen LogP) is 3.88. The van der Waals surface area contributed by atoms with E-state index in [0.717, 1.165) is 18.4 Å². The molecular formula is C19H22ClN5O3S. The van der Waals surface area contributed by atoms with E-state index in [2.05, 4.69) is 20.8 Å². The summed E-state index contributed by atoms with van der Waals surface area (Å²) in [6.45, 7) is 3.44. The number of likely N-dealkylation sites (tertiary alicyclic amines) is 1. The molecule has 2 heterocycles. The maximum absolute atomic E-state index is 12.1. The van der Waals surface area contributed by atoms with Gasteiger partial charge >= 0.3 is 6.09 Å².